The SMILES string of the molecule is CCOC(=O)CN(Cc1ccccc1)S(=O)(=O)N1CCC(OC)CC1. The lowest BCUT2D eigenvalue weighted by Gasteiger charge is -2.34. The van der Waals surface area contributed by atoms with Gasteiger partial charge in [0.1, 0.15) is 6.54 Å². The summed E-state index contributed by atoms with van der Waals surface area (Å²) in [6.45, 7) is 2.52. The smallest absolute Gasteiger partial charge is 0.321 e. The summed E-state index contributed by atoms with van der Waals surface area (Å²) in [5.41, 5.74) is 0.821. The van der Waals surface area contributed by atoms with Crippen LogP contribution in [0.15, 0.2) is 30.3 Å². The molecule has 0 aromatic heterocycles. The van der Waals surface area contributed by atoms with Crippen LogP contribution in [0.1, 0.15) is 25.3 Å². The molecule has 1 aliphatic heterocycles. The van der Waals surface area contributed by atoms with Crippen LogP contribution in [0.25, 0.3) is 0 Å². The number of ether oxygens (including phenoxy) is 2. The molecule has 8 heteroatoms. The van der Waals surface area contributed by atoms with Crippen LogP contribution in [0.5, 0.6) is 0 Å². The van der Waals surface area contributed by atoms with E-state index in [4.69, 9.17) is 9.47 Å². The van der Waals surface area contributed by atoms with E-state index in [9.17, 15) is 13.2 Å². The summed E-state index contributed by atoms with van der Waals surface area (Å²) in [4.78, 5) is 11.9. The molecule has 0 amide bonds. The van der Waals surface area contributed by atoms with Crippen molar-refractivity contribution in [2.45, 2.75) is 32.4 Å². The number of rotatable bonds is 8. The summed E-state index contributed by atoms with van der Waals surface area (Å²) in [6.07, 6.45) is 1.38. The minimum absolute atomic E-state index is 0.0825. The Labute approximate surface area is 149 Å². The van der Waals surface area contributed by atoms with Crippen molar-refractivity contribution in [2.24, 2.45) is 0 Å². The Kier molecular flexibility index (Phi) is 7.37. The predicted molar refractivity (Wildman–Crippen MR) is 94.0 cm³/mol. The molecule has 1 aliphatic rings. The van der Waals surface area contributed by atoms with Crippen LogP contribution in [-0.2, 0) is 31.0 Å². The molecule has 0 radical (unpaired) electrons. The zero-order chi connectivity index (χ0) is 18.3. The van der Waals surface area contributed by atoms with Gasteiger partial charge in [0.2, 0.25) is 0 Å². The molecule has 2 rings (SSSR count). The Hall–Kier alpha value is -1.48. The molecule has 0 N–H and O–H groups in total. The fraction of sp³-hybridized carbons (Fsp3) is 0.588. The largest absolute Gasteiger partial charge is 0.465 e. The molecule has 140 valence electrons. The fourth-order valence-corrected chi connectivity index (χ4v) is 4.40. The monoisotopic (exact) mass is 370 g/mol. The highest BCUT2D eigenvalue weighted by Gasteiger charge is 2.34. The van der Waals surface area contributed by atoms with Crippen molar-refractivity contribution in [2.75, 3.05) is 33.4 Å². The second-order valence-electron chi connectivity index (χ2n) is 5.90. The second kappa shape index (κ2) is 9.28. The van der Waals surface area contributed by atoms with Crippen molar-refractivity contribution < 1.29 is 22.7 Å². The molecule has 1 heterocycles. The Bertz CT molecular complexity index is 642. The van der Waals surface area contributed by atoms with Crippen molar-refractivity contribution >= 4 is 16.2 Å². The van der Waals surface area contributed by atoms with Crippen molar-refractivity contribution in [1.82, 2.24) is 8.61 Å². The Morgan fingerprint density at radius 2 is 1.88 bits per heavy atom. The number of hydrogen-bond donors (Lipinski definition) is 0. The summed E-state index contributed by atoms with van der Waals surface area (Å²) in [7, 11) is -2.12. The van der Waals surface area contributed by atoms with Gasteiger partial charge in [-0.3, -0.25) is 4.79 Å². The van der Waals surface area contributed by atoms with E-state index in [1.54, 1.807) is 14.0 Å². The zero-order valence-corrected chi connectivity index (χ0v) is 15.6. The summed E-state index contributed by atoms with van der Waals surface area (Å²) in [5.74, 6) is -0.547. The van der Waals surface area contributed by atoms with Gasteiger partial charge in [0.15, 0.2) is 0 Å². The van der Waals surface area contributed by atoms with Crippen molar-refractivity contribution in [3.8, 4) is 0 Å². The minimum atomic E-state index is -3.76. The number of carbonyl (C=O) groups excluding carboxylic acids is 1. The van der Waals surface area contributed by atoms with Crippen molar-refractivity contribution in [3.05, 3.63) is 35.9 Å². The molecule has 0 aliphatic carbocycles. The predicted octanol–water partition coefficient (Wildman–Crippen LogP) is 1.41. The van der Waals surface area contributed by atoms with Gasteiger partial charge in [0.05, 0.1) is 12.7 Å². The van der Waals surface area contributed by atoms with Gasteiger partial charge in [-0.1, -0.05) is 30.3 Å². The van der Waals surface area contributed by atoms with Gasteiger partial charge in [-0.05, 0) is 25.3 Å². The first-order valence-corrected chi connectivity index (χ1v) is 9.84. The molecular formula is C17H26N2O5S. The van der Waals surface area contributed by atoms with Crippen LogP contribution in [-0.4, -0.2) is 62.5 Å². The number of carbonyl (C=O) groups is 1. The number of benzene rings is 1. The zero-order valence-electron chi connectivity index (χ0n) is 14.8. The lowest BCUT2D eigenvalue weighted by molar-refractivity contribution is -0.143. The molecule has 1 aromatic rings. The maximum atomic E-state index is 13.0. The van der Waals surface area contributed by atoms with Crippen LogP contribution >= 0.6 is 0 Å². The number of methoxy groups -OCH3 is 1. The molecule has 7 nitrogen and oxygen atoms in total. The summed E-state index contributed by atoms with van der Waals surface area (Å²) in [6, 6.07) is 9.22. The van der Waals surface area contributed by atoms with Crippen molar-refractivity contribution in [3.63, 3.8) is 0 Å². The first-order chi connectivity index (χ1) is 12.0. The maximum absolute atomic E-state index is 13.0. The first-order valence-electron chi connectivity index (χ1n) is 8.45. The van der Waals surface area contributed by atoms with Crippen LogP contribution in [0.4, 0.5) is 0 Å². The second-order valence-corrected chi connectivity index (χ2v) is 7.83. The molecule has 0 atom stereocenters. The number of hydrogen-bond acceptors (Lipinski definition) is 5. The summed E-state index contributed by atoms with van der Waals surface area (Å²) < 4.78 is 38.9. The van der Waals surface area contributed by atoms with E-state index < -0.39 is 16.2 Å². The average molecular weight is 370 g/mol. The lowest BCUT2D eigenvalue weighted by Crippen LogP contribution is -2.49. The van der Waals surface area contributed by atoms with Crippen molar-refractivity contribution in [1.29, 1.82) is 0 Å². The fourth-order valence-electron chi connectivity index (χ4n) is 2.82. The molecule has 0 saturated carbocycles. The lowest BCUT2D eigenvalue weighted by atomic mass is 10.1. The van der Waals surface area contributed by atoms with Gasteiger partial charge in [-0.2, -0.15) is 17.0 Å². The Morgan fingerprint density at radius 3 is 2.44 bits per heavy atom. The van der Waals surface area contributed by atoms with Gasteiger partial charge in [-0.15, -0.1) is 0 Å². The van der Waals surface area contributed by atoms with Gasteiger partial charge < -0.3 is 9.47 Å². The molecule has 1 saturated heterocycles. The molecule has 25 heavy (non-hydrogen) atoms. The molecule has 0 bridgehead atoms. The Balaban J connectivity index is 2.16. The minimum Gasteiger partial charge on any atom is -0.465 e. The standard InChI is InChI=1S/C17H26N2O5S/c1-3-24-17(20)14-19(13-15-7-5-4-6-8-15)25(21,22)18-11-9-16(23-2)10-12-18/h4-8,16H,3,9-14H2,1-2H3. The molecule has 0 spiro atoms. The highest BCUT2D eigenvalue weighted by atomic mass is 32.2. The van der Waals surface area contributed by atoms with E-state index in [2.05, 4.69) is 0 Å². The third-order valence-corrected chi connectivity index (χ3v) is 6.13. The van der Waals surface area contributed by atoms with Gasteiger partial charge in [0.25, 0.3) is 10.2 Å². The van der Waals surface area contributed by atoms with Gasteiger partial charge in [-0.25, -0.2) is 0 Å². The number of nitrogens with zero attached hydrogens (tertiary/aromatic N) is 2. The third-order valence-electron chi connectivity index (χ3n) is 4.20. The third kappa shape index (κ3) is 5.50. The highest BCUT2D eigenvalue weighted by molar-refractivity contribution is 7.86. The van der Waals surface area contributed by atoms with E-state index in [0.29, 0.717) is 25.9 Å². The number of esters is 1. The number of piperidine rings is 1. The molecule has 0 unspecified atom stereocenters. The van der Waals surface area contributed by atoms with Crippen LogP contribution in [0.2, 0.25) is 0 Å². The molecule has 1 aromatic carbocycles. The van der Waals surface area contributed by atoms with E-state index in [0.717, 1.165) is 5.56 Å². The maximum Gasteiger partial charge on any atom is 0.321 e. The molecular weight excluding hydrogens is 344 g/mol. The molecule has 1 fully saturated rings. The van der Waals surface area contributed by atoms with Gasteiger partial charge >= 0.3 is 5.97 Å². The van der Waals surface area contributed by atoms with E-state index in [1.165, 1.54) is 8.61 Å². The van der Waals surface area contributed by atoms with E-state index >= 15 is 0 Å². The normalized spacial score (nSPS) is 16.9. The topological polar surface area (TPSA) is 76.2 Å². The van der Waals surface area contributed by atoms with Crippen LogP contribution < -0.4 is 0 Å². The van der Waals surface area contributed by atoms with Crippen LogP contribution in [0.3, 0.4) is 0 Å². The first kappa shape index (κ1) is 19.8. The Morgan fingerprint density at radius 1 is 1.24 bits per heavy atom. The summed E-state index contributed by atoms with van der Waals surface area (Å²) >= 11 is 0. The average Bonchev–Trinajstić information content (AvgIpc) is 2.62. The van der Waals surface area contributed by atoms with E-state index in [1.807, 2.05) is 30.3 Å². The van der Waals surface area contributed by atoms with Crippen LogP contribution in [0, 0.1) is 0 Å². The quantitative estimate of drug-likeness (QED) is 0.647. The highest BCUT2D eigenvalue weighted by Crippen LogP contribution is 2.20. The van der Waals surface area contributed by atoms with Gasteiger partial charge in [0, 0.05) is 26.7 Å². The summed E-state index contributed by atoms with van der Waals surface area (Å²) in [5, 5.41) is 0. The van der Waals surface area contributed by atoms with E-state index in [-0.39, 0.29) is 25.8 Å².